The molecule has 11 heteroatoms. The van der Waals surface area contributed by atoms with Crippen molar-refractivity contribution in [2.75, 3.05) is 5.32 Å². The van der Waals surface area contributed by atoms with Gasteiger partial charge in [0.1, 0.15) is 14.9 Å². The molecule has 0 spiro atoms. The maximum absolute atomic E-state index is 12.5. The van der Waals surface area contributed by atoms with E-state index in [-0.39, 0.29) is 10.8 Å². The molecular weight excluding hydrogens is 574 g/mol. The van der Waals surface area contributed by atoms with Crippen molar-refractivity contribution in [1.29, 1.82) is 0 Å². The Morgan fingerprint density at radius 1 is 0.872 bits per heavy atom. The Morgan fingerprint density at radius 2 is 1.56 bits per heavy atom. The molecule has 0 saturated carbocycles. The molecule has 194 valence electrons. The van der Waals surface area contributed by atoms with Crippen LogP contribution >= 0.6 is 34.3 Å². The van der Waals surface area contributed by atoms with Crippen molar-refractivity contribution in [1.82, 2.24) is 9.97 Å². The smallest absolute Gasteiger partial charge is 0.296 e. The van der Waals surface area contributed by atoms with Crippen molar-refractivity contribution in [3.05, 3.63) is 95.0 Å². The maximum atomic E-state index is 12.5. The summed E-state index contributed by atoms with van der Waals surface area (Å²) in [6, 6.07) is 23.4. The Hall–Kier alpha value is -3.67. The number of aromatic nitrogens is 2. The number of carbonyl (C=O) groups excluding carboxylic acids is 1. The lowest BCUT2D eigenvalue weighted by Crippen LogP contribution is -2.11. The summed E-state index contributed by atoms with van der Waals surface area (Å²) in [6.07, 6.45) is 0. The number of fused-ring (bicyclic) bond motifs is 2. The number of carbonyl (C=O) groups is 1. The molecule has 39 heavy (non-hydrogen) atoms. The monoisotopic (exact) mass is 591 g/mol. The number of nitrogens with one attached hydrogen (secondary N) is 1. The zero-order valence-corrected chi connectivity index (χ0v) is 23.4. The van der Waals surface area contributed by atoms with Gasteiger partial charge in [0.25, 0.3) is 16.0 Å². The summed E-state index contributed by atoms with van der Waals surface area (Å²) in [4.78, 5) is 21.8. The van der Waals surface area contributed by atoms with Crippen LogP contribution in [-0.2, 0) is 10.1 Å². The van der Waals surface area contributed by atoms with Gasteiger partial charge in [-0.05, 0) is 79.2 Å². The van der Waals surface area contributed by atoms with E-state index in [2.05, 4.69) is 10.3 Å². The summed E-state index contributed by atoms with van der Waals surface area (Å²) in [5.74, 6) is -0.244. The molecule has 0 unspecified atom stereocenters. The van der Waals surface area contributed by atoms with Gasteiger partial charge in [0.15, 0.2) is 0 Å². The van der Waals surface area contributed by atoms with Gasteiger partial charge >= 0.3 is 0 Å². The molecule has 2 heterocycles. The first-order valence-corrected chi connectivity index (χ1v) is 15.1. The Labute approximate surface area is 236 Å². The van der Waals surface area contributed by atoms with Crippen LogP contribution in [0.25, 0.3) is 41.6 Å². The second kappa shape index (κ2) is 9.82. The van der Waals surface area contributed by atoms with E-state index in [1.54, 1.807) is 43.3 Å². The third-order valence-electron chi connectivity index (χ3n) is 6.08. The molecule has 2 aromatic heterocycles. The fourth-order valence-electron chi connectivity index (χ4n) is 4.22. The summed E-state index contributed by atoms with van der Waals surface area (Å²) in [5.41, 5.74) is 4.68. The van der Waals surface area contributed by atoms with E-state index in [1.807, 2.05) is 42.5 Å². The highest BCUT2D eigenvalue weighted by Crippen LogP contribution is 2.38. The van der Waals surface area contributed by atoms with Crippen LogP contribution in [-0.4, -0.2) is 28.8 Å². The van der Waals surface area contributed by atoms with Crippen molar-refractivity contribution in [2.45, 2.75) is 11.8 Å². The average Bonchev–Trinajstić information content (AvgIpc) is 3.52. The minimum absolute atomic E-state index is 0.0999. The summed E-state index contributed by atoms with van der Waals surface area (Å²) in [5, 5.41) is 4.84. The van der Waals surface area contributed by atoms with E-state index in [0.29, 0.717) is 37.1 Å². The summed E-state index contributed by atoms with van der Waals surface area (Å²) in [6.45, 7) is 1.65. The summed E-state index contributed by atoms with van der Waals surface area (Å²) >= 11 is 8.73. The predicted molar refractivity (Wildman–Crippen MR) is 158 cm³/mol. The van der Waals surface area contributed by atoms with Crippen LogP contribution in [0, 0.1) is 6.92 Å². The molecule has 0 bridgehead atoms. The SMILES string of the molecule is Cc1ccc2nc(-c3ccc4nc(-c5ccc(NC(=O)c6cccc(Cl)c6)cc5)sc4c3)sc2c1S(=O)(=O)O. The number of anilines is 1. The van der Waals surface area contributed by atoms with E-state index in [4.69, 9.17) is 16.6 Å². The first-order valence-electron chi connectivity index (χ1n) is 11.6. The van der Waals surface area contributed by atoms with Crippen molar-refractivity contribution < 1.29 is 17.8 Å². The summed E-state index contributed by atoms with van der Waals surface area (Å²) < 4.78 is 35.1. The van der Waals surface area contributed by atoms with Gasteiger partial charge in [0.2, 0.25) is 0 Å². The van der Waals surface area contributed by atoms with Crippen molar-refractivity contribution in [2.24, 2.45) is 0 Å². The molecular formula is C28H18ClN3O4S3. The molecule has 4 aromatic carbocycles. The Morgan fingerprint density at radius 3 is 2.31 bits per heavy atom. The largest absolute Gasteiger partial charge is 0.322 e. The number of thiazole rings is 2. The molecule has 6 aromatic rings. The molecule has 0 radical (unpaired) electrons. The van der Waals surface area contributed by atoms with Gasteiger partial charge in [-0.1, -0.05) is 23.7 Å². The minimum Gasteiger partial charge on any atom is -0.322 e. The van der Waals surface area contributed by atoms with Gasteiger partial charge < -0.3 is 5.32 Å². The number of benzene rings is 4. The molecule has 0 aliphatic carbocycles. The first kappa shape index (κ1) is 25.6. The number of rotatable bonds is 5. The van der Waals surface area contributed by atoms with Gasteiger partial charge in [0, 0.05) is 27.4 Å². The van der Waals surface area contributed by atoms with Crippen LogP contribution in [0.3, 0.4) is 0 Å². The van der Waals surface area contributed by atoms with Crippen LogP contribution < -0.4 is 5.32 Å². The van der Waals surface area contributed by atoms with Crippen LogP contribution in [0.5, 0.6) is 0 Å². The lowest BCUT2D eigenvalue weighted by molar-refractivity contribution is 0.102. The van der Waals surface area contributed by atoms with Gasteiger partial charge in [-0.15, -0.1) is 22.7 Å². The van der Waals surface area contributed by atoms with Crippen molar-refractivity contribution in [3.63, 3.8) is 0 Å². The number of aryl methyl sites for hydroxylation is 1. The number of hydrogen-bond acceptors (Lipinski definition) is 7. The molecule has 7 nitrogen and oxygen atoms in total. The molecule has 0 aliphatic rings. The normalized spacial score (nSPS) is 11.8. The molecule has 2 N–H and O–H groups in total. The lowest BCUT2D eigenvalue weighted by Gasteiger charge is -2.06. The van der Waals surface area contributed by atoms with Crippen LogP contribution in [0.15, 0.2) is 83.8 Å². The van der Waals surface area contributed by atoms with Gasteiger partial charge in [-0.25, -0.2) is 9.97 Å². The van der Waals surface area contributed by atoms with E-state index >= 15 is 0 Å². The Bertz CT molecular complexity index is 2020. The second-order valence-corrected chi connectivity index (χ2v) is 12.6. The maximum Gasteiger partial charge on any atom is 0.296 e. The van der Waals surface area contributed by atoms with Gasteiger partial charge in [-0.2, -0.15) is 8.42 Å². The van der Waals surface area contributed by atoms with E-state index in [1.165, 1.54) is 22.7 Å². The van der Waals surface area contributed by atoms with Crippen LogP contribution in [0.1, 0.15) is 15.9 Å². The average molecular weight is 592 g/mol. The molecule has 6 rings (SSSR count). The summed E-state index contributed by atoms with van der Waals surface area (Å²) in [7, 11) is -4.38. The Balaban J connectivity index is 1.28. The fourth-order valence-corrected chi connectivity index (χ4v) is 7.73. The third kappa shape index (κ3) is 5.05. The number of nitrogens with zero attached hydrogens (tertiary/aromatic N) is 2. The van der Waals surface area contributed by atoms with Crippen molar-refractivity contribution >= 4 is 76.4 Å². The fraction of sp³-hybridized carbons (Fsp3) is 0.0357. The highest BCUT2D eigenvalue weighted by molar-refractivity contribution is 7.86. The topological polar surface area (TPSA) is 109 Å². The van der Waals surface area contributed by atoms with Crippen LogP contribution in [0.4, 0.5) is 5.69 Å². The quantitative estimate of drug-likeness (QED) is 0.199. The number of halogens is 1. The van der Waals surface area contributed by atoms with E-state index in [9.17, 15) is 17.8 Å². The standard InChI is InChI=1S/C28H18ClN3O4S3/c1-15-5-11-22-24(25(15)39(34,35)36)38-28(32-22)18-8-12-21-23(14-18)37-27(31-21)16-6-9-20(10-7-16)30-26(33)17-3-2-4-19(29)13-17/h2-14H,1H3,(H,30,33)(H,34,35,36). The lowest BCUT2D eigenvalue weighted by atomic mass is 10.2. The van der Waals surface area contributed by atoms with E-state index < -0.39 is 10.1 Å². The van der Waals surface area contributed by atoms with Crippen LogP contribution in [0.2, 0.25) is 5.02 Å². The Kier molecular flexibility index (Phi) is 6.44. The molecule has 0 aliphatic heterocycles. The number of amides is 1. The third-order valence-corrected chi connectivity index (χ3v) is 9.69. The highest BCUT2D eigenvalue weighted by Gasteiger charge is 2.21. The minimum atomic E-state index is -4.38. The zero-order chi connectivity index (χ0) is 27.3. The van der Waals surface area contributed by atoms with Gasteiger partial charge in [0.05, 0.1) is 20.4 Å². The predicted octanol–water partition coefficient (Wildman–Crippen LogP) is 7.70. The van der Waals surface area contributed by atoms with Gasteiger partial charge in [-0.3, -0.25) is 9.35 Å². The molecule has 0 atom stereocenters. The number of hydrogen-bond donors (Lipinski definition) is 2. The molecule has 1 amide bonds. The zero-order valence-electron chi connectivity index (χ0n) is 20.2. The molecule has 0 saturated heterocycles. The second-order valence-electron chi connectivity index (χ2n) is 8.80. The highest BCUT2D eigenvalue weighted by atomic mass is 35.5. The van der Waals surface area contributed by atoms with E-state index in [0.717, 1.165) is 26.4 Å². The van der Waals surface area contributed by atoms with Crippen molar-refractivity contribution in [3.8, 4) is 21.1 Å². The first-order chi connectivity index (χ1) is 18.7. The molecule has 0 fully saturated rings.